The van der Waals surface area contributed by atoms with Crippen molar-refractivity contribution in [3.8, 4) is 22.3 Å². The second kappa shape index (κ2) is 17.4. The summed E-state index contributed by atoms with van der Waals surface area (Å²) in [5, 5.41) is 20.9. The van der Waals surface area contributed by atoms with Gasteiger partial charge in [-0.05, 0) is 108 Å². The molecule has 7 rings (SSSR count). The smallest absolute Gasteiger partial charge is 0.154 e. The number of rotatable bonds is 13. The molecule has 0 amide bonds. The lowest BCUT2D eigenvalue weighted by atomic mass is 10.1. The van der Waals surface area contributed by atoms with Crippen molar-refractivity contribution in [2.24, 2.45) is 0 Å². The number of halogens is 1. The molecule has 1 N–H and O–H groups in total. The van der Waals surface area contributed by atoms with E-state index in [1.807, 2.05) is 76.7 Å². The average Bonchev–Trinajstić information content (AvgIpc) is 3.82. The lowest BCUT2D eigenvalue weighted by molar-refractivity contribution is 0.380. The van der Waals surface area contributed by atoms with Crippen molar-refractivity contribution in [2.45, 2.75) is 45.7 Å². The van der Waals surface area contributed by atoms with Crippen molar-refractivity contribution in [1.29, 1.82) is 0 Å². The van der Waals surface area contributed by atoms with Gasteiger partial charge in [-0.3, -0.25) is 19.3 Å². The van der Waals surface area contributed by atoms with Crippen molar-refractivity contribution < 1.29 is 0 Å². The van der Waals surface area contributed by atoms with Crippen LogP contribution in [-0.2, 0) is 13.1 Å². The maximum atomic E-state index is 5.94. The first kappa shape index (κ1) is 37.4. The number of pyridine rings is 4. The van der Waals surface area contributed by atoms with Crippen LogP contribution in [0.15, 0.2) is 85.8 Å². The number of nitrogens with one attached hydrogen (secondary N) is 1. The van der Waals surface area contributed by atoms with E-state index in [2.05, 4.69) is 98.7 Å². The summed E-state index contributed by atoms with van der Waals surface area (Å²) in [6.45, 7) is 8.15. The molecule has 7 aromatic rings. The van der Waals surface area contributed by atoms with Crippen LogP contribution in [0.4, 0.5) is 11.6 Å². The molecule has 0 unspecified atom stereocenters. The topological polar surface area (TPSA) is 131 Å². The number of hydrogen-bond acceptors (Lipinski definition) is 11. The second-order valence-corrected chi connectivity index (χ2v) is 14.2. The Labute approximate surface area is 315 Å². The Morgan fingerprint density at radius 1 is 0.642 bits per heavy atom. The van der Waals surface area contributed by atoms with Gasteiger partial charge in [-0.1, -0.05) is 25.4 Å². The minimum absolute atomic E-state index is 0.385. The second-order valence-electron chi connectivity index (χ2n) is 13.8. The standard InChI is InChI=1S/C23H28N8.C16H18ClN5/c1-16(2)17-11-23(29-25-13-17)28-22-7-6-20-21(27-22)10-18(12-24-20)19-14-26-31(15-19)9-5-8-30(3)4;1-21(2)6-3-7-22-11-13(10-19-22)12-8-15-14(18-9-12)4-5-16(17)20-15/h6-7,10-16H,5,8-9H2,1-4H3,(H,27,28,29);4-5,8-11H,3,6-7H2,1-2H3. The van der Waals surface area contributed by atoms with E-state index < -0.39 is 0 Å². The molecule has 0 fully saturated rings. The van der Waals surface area contributed by atoms with Crippen LogP contribution in [0.2, 0.25) is 5.15 Å². The van der Waals surface area contributed by atoms with Gasteiger partial charge < -0.3 is 15.1 Å². The largest absolute Gasteiger partial charge is 0.323 e. The Bertz CT molecular complexity index is 2260. The minimum atomic E-state index is 0.385. The first-order valence-corrected chi connectivity index (χ1v) is 18.1. The van der Waals surface area contributed by atoms with Gasteiger partial charge in [-0.25, -0.2) is 9.97 Å². The van der Waals surface area contributed by atoms with Gasteiger partial charge in [0.05, 0.1) is 40.7 Å². The molecule has 0 saturated heterocycles. The molecule has 0 bridgehead atoms. The number of fused-ring (bicyclic) bond motifs is 2. The summed E-state index contributed by atoms with van der Waals surface area (Å²) in [7, 11) is 8.32. The van der Waals surface area contributed by atoms with Gasteiger partial charge >= 0.3 is 0 Å². The highest BCUT2D eigenvalue weighted by atomic mass is 35.5. The van der Waals surface area contributed by atoms with E-state index in [0.29, 0.717) is 22.7 Å². The fraction of sp³-hybridized carbons (Fsp3) is 0.333. The molecule has 0 radical (unpaired) electrons. The zero-order valence-electron chi connectivity index (χ0n) is 31.1. The fourth-order valence-corrected chi connectivity index (χ4v) is 5.79. The molecule has 0 saturated carbocycles. The Balaban J connectivity index is 0.000000192. The molecular weight excluding hydrogens is 686 g/mol. The van der Waals surface area contributed by atoms with Crippen LogP contribution in [0.3, 0.4) is 0 Å². The van der Waals surface area contributed by atoms with Gasteiger partial charge in [0.1, 0.15) is 11.0 Å². The van der Waals surface area contributed by atoms with Crippen LogP contribution in [0.1, 0.15) is 38.2 Å². The molecule has 0 aromatic carbocycles. The van der Waals surface area contributed by atoms with Crippen molar-refractivity contribution >= 4 is 45.3 Å². The van der Waals surface area contributed by atoms with Gasteiger partial charge in [0.2, 0.25) is 0 Å². The summed E-state index contributed by atoms with van der Waals surface area (Å²) >= 11 is 5.94. The zero-order chi connectivity index (χ0) is 37.3. The van der Waals surface area contributed by atoms with Crippen LogP contribution < -0.4 is 5.32 Å². The van der Waals surface area contributed by atoms with E-state index in [4.69, 9.17) is 16.6 Å². The van der Waals surface area contributed by atoms with Crippen molar-refractivity contribution in [3.05, 3.63) is 96.6 Å². The lowest BCUT2D eigenvalue weighted by Gasteiger charge is -2.09. The number of hydrogen-bond donors (Lipinski definition) is 1. The van der Waals surface area contributed by atoms with E-state index in [-0.39, 0.29) is 0 Å². The summed E-state index contributed by atoms with van der Waals surface area (Å²) in [6.07, 6.45) is 15.5. The summed E-state index contributed by atoms with van der Waals surface area (Å²) in [5.74, 6) is 1.78. The predicted octanol–water partition coefficient (Wildman–Crippen LogP) is 7.20. The van der Waals surface area contributed by atoms with Crippen molar-refractivity contribution in [1.82, 2.24) is 59.5 Å². The fourth-order valence-electron chi connectivity index (χ4n) is 5.63. The molecule has 7 aromatic heterocycles. The van der Waals surface area contributed by atoms with Crippen molar-refractivity contribution in [3.63, 3.8) is 0 Å². The Morgan fingerprint density at radius 3 is 1.77 bits per heavy atom. The van der Waals surface area contributed by atoms with Crippen LogP contribution in [0, 0.1) is 0 Å². The molecule has 13 nitrogen and oxygen atoms in total. The van der Waals surface area contributed by atoms with E-state index >= 15 is 0 Å². The van der Waals surface area contributed by atoms with Gasteiger partial charge in [-0.15, -0.1) is 5.10 Å². The predicted molar refractivity (Wildman–Crippen MR) is 212 cm³/mol. The van der Waals surface area contributed by atoms with Crippen LogP contribution in [-0.4, -0.2) is 101 Å². The summed E-state index contributed by atoms with van der Waals surface area (Å²) in [6, 6.07) is 13.5. The molecule has 0 aliphatic heterocycles. The summed E-state index contributed by atoms with van der Waals surface area (Å²) in [5.41, 5.74) is 8.50. The maximum Gasteiger partial charge on any atom is 0.154 e. The van der Waals surface area contributed by atoms with Gasteiger partial charge in [0.15, 0.2) is 5.82 Å². The summed E-state index contributed by atoms with van der Waals surface area (Å²) < 4.78 is 3.95. The van der Waals surface area contributed by atoms with Gasteiger partial charge in [0.25, 0.3) is 0 Å². The molecule has 0 atom stereocenters. The normalized spacial score (nSPS) is 11.5. The highest BCUT2D eigenvalue weighted by molar-refractivity contribution is 6.29. The van der Waals surface area contributed by atoms with E-state index in [0.717, 1.165) is 88.9 Å². The SMILES string of the molecule is CC(C)c1cnnc(Nc2ccc3ncc(-c4cnn(CCCN(C)C)c4)cc3n2)c1.CN(C)CCCn1cc(-c2cnc3ccc(Cl)nc3c2)cn1. The van der Waals surface area contributed by atoms with Gasteiger partial charge in [0, 0.05) is 60.1 Å². The third kappa shape index (κ3) is 10.4. The number of anilines is 2. The average molecular weight is 732 g/mol. The molecule has 0 aliphatic carbocycles. The number of aryl methyl sites for hydroxylation is 2. The molecule has 0 aliphatic rings. The molecule has 0 spiro atoms. The van der Waals surface area contributed by atoms with E-state index in [9.17, 15) is 0 Å². The quantitative estimate of drug-likeness (QED) is 0.121. The van der Waals surface area contributed by atoms with Crippen molar-refractivity contribution in [2.75, 3.05) is 46.6 Å². The lowest BCUT2D eigenvalue weighted by Crippen LogP contribution is -2.15. The monoisotopic (exact) mass is 731 g/mol. The highest BCUT2D eigenvalue weighted by Crippen LogP contribution is 2.25. The first-order valence-electron chi connectivity index (χ1n) is 17.7. The molecule has 14 heteroatoms. The third-order valence-electron chi connectivity index (χ3n) is 8.56. The van der Waals surface area contributed by atoms with E-state index in [1.165, 1.54) is 0 Å². The van der Waals surface area contributed by atoms with Crippen LogP contribution in [0.25, 0.3) is 44.3 Å². The van der Waals surface area contributed by atoms with Crippen LogP contribution >= 0.6 is 11.6 Å². The Hall–Kier alpha value is -5.37. The minimum Gasteiger partial charge on any atom is -0.323 e. The number of nitrogens with zero attached hydrogens (tertiary/aromatic N) is 12. The Morgan fingerprint density at radius 2 is 1.21 bits per heavy atom. The Kier molecular flexibility index (Phi) is 12.3. The maximum absolute atomic E-state index is 5.94. The summed E-state index contributed by atoms with van der Waals surface area (Å²) in [4.78, 5) is 22.4. The first-order chi connectivity index (χ1) is 25.6. The molecule has 274 valence electrons. The van der Waals surface area contributed by atoms with Crippen LogP contribution in [0.5, 0.6) is 0 Å². The highest BCUT2D eigenvalue weighted by Gasteiger charge is 2.09. The number of aromatic nitrogens is 10. The molecule has 7 heterocycles. The third-order valence-corrected chi connectivity index (χ3v) is 8.77. The molecule has 53 heavy (non-hydrogen) atoms. The van der Waals surface area contributed by atoms with E-state index in [1.54, 1.807) is 12.3 Å². The molecular formula is C39H46ClN13. The van der Waals surface area contributed by atoms with Gasteiger partial charge in [-0.2, -0.15) is 15.3 Å². The zero-order valence-corrected chi connectivity index (χ0v) is 31.9.